The molecule has 0 fully saturated rings. The Balaban J connectivity index is 2.12. The first-order valence-corrected chi connectivity index (χ1v) is 5.92. The van der Waals surface area contributed by atoms with Crippen LogP contribution in [-0.4, -0.2) is 19.3 Å². The Morgan fingerprint density at radius 1 is 1.15 bits per heavy atom. The minimum absolute atomic E-state index is 0.434. The second kappa shape index (κ2) is 6.38. The van der Waals surface area contributed by atoms with Gasteiger partial charge in [-0.25, -0.2) is 4.79 Å². The van der Waals surface area contributed by atoms with Crippen molar-refractivity contribution < 1.29 is 14.3 Å². The molecule has 0 saturated carbocycles. The number of carbonyl (C=O) groups excluding carboxylic acids is 1. The number of nitrogens with two attached hydrogens (primary N) is 1. The van der Waals surface area contributed by atoms with Crippen LogP contribution in [0.15, 0.2) is 53.6 Å². The molecule has 102 valence electrons. The summed E-state index contributed by atoms with van der Waals surface area (Å²) < 4.78 is 10.3. The summed E-state index contributed by atoms with van der Waals surface area (Å²) >= 11 is 0. The zero-order valence-electron chi connectivity index (χ0n) is 10.9. The van der Waals surface area contributed by atoms with E-state index in [1.54, 1.807) is 55.6 Å². The van der Waals surface area contributed by atoms with Crippen LogP contribution in [0.3, 0.4) is 0 Å². The molecule has 0 bridgehead atoms. The van der Waals surface area contributed by atoms with Crippen LogP contribution in [0, 0.1) is 0 Å². The van der Waals surface area contributed by atoms with Gasteiger partial charge in [-0.1, -0.05) is 12.1 Å². The van der Waals surface area contributed by atoms with Gasteiger partial charge in [-0.15, -0.1) is 0 Å². The molecular weight excluding hydrogens is 256 g/mol. The van der Waals surface area contributed by atoms with Gasteiger partial charge < -0.3 is 15.3 Å². The number of hydrazone groups is 1. The van der Waals surface area contributed by atoms with Crippen molar-refractivity contribution in [1.29, 1.82) is 0 Å². The predicted octanol–water partition coefficient (Wildman–Crippen LogP) is 2.21. The van der Waals surface area contributed by atoms with E-state index in [0.717, 1.165) is 5.56 Å². The second-order valence-electron chi connectivity index (χ2n) is 3.97. The lowest BCUT2D eigenvalue weighted by Crippen LogP contribution is -2.08. The molecule has 0 unspecified atom stereocenters. The topological polar surface area (TPSA) is 73.9 Å². The maximum atomic E-state index is 12.0. The Bertz CT molecular complexity index is 621. The van der Waals surface area contributed by atoms with Gasteiger partial charge in [0.15, 0.2) is 0 Å². The molecule has 0 aliphatic rings. The molecule has 0 saturated heterocycles. The Morgan fingerprint density at radius 2 is 1.90 bits per heavy atom. The van der Waals surface area contributed by atoms with Crippen LogP contribution in [0.1, 0.15) is 15.9 Å². The van der Waals surface area contributed by atoms with E-state index in [1.807, 2.05) is 0 Å². The van der Waals surface area contributed by atoms with E-state index in [1.165, 1.54) is 6.21 Å². The first-order valence-electron chi connectivity index (χ1n) is 5.92. The molecule has 2 aromatic rings. The van der Waals surface area contributed by atoms with Gasteiger partial charge >= 0.3 is 5.97 Å². The van der Waals surface area contributed by atoms with Crippen molar-refractivity contribution in [3.8, 4) is 11.5 Å². The number of hydrogen-bond acceptors (Lipinski definition) is 5. The zero-order chi connectivity index (χ0) is 14.4. The Hall–Kier alpha value is -2.82. The van der Waals surface area contributed by atoms with Crippen molar-refractivity contribution in [2.24, 2.45) is 10.9 Å². The molecule has 0 aromatic heterocycles. The Kier molecular flexibility index (Phi) is 4.34. The normalized spacial score (nSPS) is 10.4. The molecule has 2 aromatic carbocycles. The molecular formula is C15H14N2O3. The number of methoxy groups -OCH3 is 1. The van der Waals surface area contributed by atoms with Crippen LogP contribution >= 0.6 is 0 Å². The van der Waals surface area contributed by atoms with Crippen LogP contribution in [0.2, 0.25) is 0 Å². The van der Waals surface area contributed by atoms with Crippen molar-refractivity contribution >= 4 is 12.2 Å². The molecule has 2 rings (SSSR count). The summed E-state index contributed by atoms with van der Waals surface area (Å²) in [5.74, 6) is 5.76. The molecule has 20 heavy (non-hydrogen) atoms. The largest absolute Gasteiger partial charge is 0.497 e. The highest BCUT2D eigenvalue weighted by Gasteiger charge is 2.08. The highest BCUT2D eigenvalue weighted by Crippen LogP contribution is 2.16. The van der Waals surface area contributed by atoms with Crippen LogP contribution in [0.25, 0.3) is 0 Å². The number of ether oxygens (including phenoxy) is 2. The Morgan fingerprint density at radius 3 is 2.55 bits per heavy atom. The molecule has 0 aliphatic heterocycles. The lowest BCUT2D eigenvalue weighted by molar-refractivity contribution is 0.0735. The molecule has 0 atom stereocenters. The number of hydrogen-bond donors (Lipinski definition) is 1. The number of benzene rings is 2. The standard InChI is InChI=1S/C15H14N2O3/c1-19-13-7-5-12(6-8-13)15(18)20-14-4-2-3-11(9-14)10-17-16/h2-10H,16H2,1H3. The summed E-state index contributed by atoms with van der Waals surface area (Å²) in [6, 6.07) is 13.6. The van der Waals surface area contributed by atoms with E-state index in [4.69, 9.17) is 15.3 Å². The molecule has 0 radical (unpaired) electrons. The summed E-state index contributed by atoms with van der Waals surface area (Å²) in [7, 11) is 1.57. The molecule has 5 heteroatoms. The minimum Gasteiger partial charge on any atom is -0.497 e. The monoisotopic (exact) mass is 270 g/mol. The van der Waals surface area contributed by atoms with Crippen molar-refractivity contribution in [3.63, 3.8) is 0 Å². The highest BCUT2D eigenvalue weighted by molar-refractivity contribution is 5.91. The first kappa shape index (κ1) is 13.6. The SMILES string of the molecule is COc1ccc(C(=O)Oc2cccc(C=NN)c2)cc1. The average molecular weight is 270 g/mol. The third-order valence-electron chi connectivity index (χ3n) is 2.62. The van der Waals surface area contributed by atoms with Crippen LogP contribution in [0.5, 0.6) is 11.5 Å². The molecule has 0 spiro atoms. The van der Waals surface area contributed by atoms with Gasteiger partial charge in [-0.2, -0.15) is 5.10 Å². The van der Waals surface area contributed by atoms with Crippen molar-refractivity contribution in [1.82, 2.24) is 0 Å². The number of nitrogens with zero attached hydrogens (tertiary/aromatic N) is 1. The molecule has 2 N–H and O–H groups in total. The van der Waals surface area contributed by atoms with Gasteiger partial charge in [0.2, 0.25) is 0 Å². The van der Waals surface area contributed by atoms with E-state index in [-0.39, 0.29) is 0 Å². The maximum Gasteiger partial charge on any atom is 0.343 e. The molecule has 0 amide bonds. The van der Waals surface area contributed by atoms with E-state index >= 15 is 0 Å². The summed E-state index contributed by atoms with van der Waals surface area (Å²) in [5.41, 5.74) is 1.20. The van der Waals surface area contributed by atoms with Gasteiger partial charge in [0, 0.05) is 0 Å². The van der Waals surface area contributed by atoms with Crippen LogP contribution in [-0.2, 0) is 0 Å². The van der Waals surface area contributed by atoms with Crippen molar-refractivity contribution in [2.75, 3.05) is 7.11 Å². The fourth-order valence-electron chi connectivity index (χ4n) is 1.64. The van der Waals surface area contributed by atoms with Gasteiger partial charge in [0.25, 0.3) is 0 Å². The third kappa shape index (κ3) is 3.35. The molecule has 5 nitrogen and oxygen atoms in total. The number of esters is 1. The zero-order valence-corrected chi connectivity index (χ0v) is 10.9. The smallest absolute Gasteiger partial charge is 0.343 e. The Labute approximate surface area is 116 Å². The number of rotatable bonds is 4. The second-order valence-corrected chi connectivity index (χ2v) is 3.97. The minimum atomic E-state index is -0.436. The average Bonchev–Trinajstić information content (AvgIpc) is 2.48. The summed E-state index contributed by atoms with van der Waals surface area (Å²) in [5, 5.41) is 3.42. The van der Waals surface area contributed by atoms with Crippen LogP contribution in [0.4, 0.5) is 0 Å². The molecule has 0 aliphatic carbocycles. The first-order chi connectivity index (χ1) is 9.72. The van der Waals surface area contributed by atoms with E-state index in [2.05, 4.69) is 5.10 Å². The van der Waals surface area contributed by atoms with Crippen LogP contribution < -0.4 is 15.3 Å². The molecule has 0 heterocycles. The summed E-state index contributed by atoms with van der Waals surface area (Å²) in [6.07, 6.45) is 1.48. The van der Waals surface area contributed by atoms with Crippen molar-refractivity contribution in [2.45, 2.75) is 0 Å². The fourth-order valence-corrected chi connectivity index (χ4v) is 1.64. The summed E-state index contributed by atoms with van der Waals surface area (Å²) in [4.78, 5) is 12.0. The number of carbonyl (C=O) groups is 1. The lowest BCUT2D eigenvalue weighted by Gasteiger charge is -2.05. The van der Waals surface area contributed by atoms with Gasteiger partial charge in [0.05, 0.1) is 18.9 Å². The quantitative estimate of drug-likeness (QED) is 0.304. The van der Waals surface area contributed by atoms with E-state index in [9.17, 15) is 4.79 Å². The lowest BCUT2D eigenvalue weighted by atomic mass is 10.2. The van der Waals surface area contributed by atoms with Crippen molar-refractivity contribution in [3.05, 3.63) is 59.7 Å². The van der Waals surface area contributed by atoms with Gasteiger partial charge in [-0.05, 0) is 42.0 Å². The van der Waals surface area contributed by atoms with E-state index < -0.39 is 5.97 Å². The third-order valence-corrected chi connectivity index (χ3v) is 2.62. The highest BCUT2D eigenvalue weighted by atomic mass is 16.5. The fraction of sp³-hybridized carbons (Fsp3) is 0.0667. The predicted molar refractivity (Wildman–Crippen MR) is 76.2 cm³/mol. The maximum absolute atomic E-state index is 12.0. The van der Waals surface area contributed by atoms with E-state index in [0.29, 0.717) is 17.1 Å². The summed E-state index contributed by atoms with van der Waals surface area (Å²) in [6.45, 7) is 0. The van der Waals surface area contributed by atoms with Gasteiger partial charge in [-0.3, -0.25) is 0 Å². The van der Waals surface area contributed by atoms with Gasteiger partial charge in [0.1, 0.15) is 11.5 Å².